The van der Waals surface area contributed by atoms with E-state index in [0.29, 0.717) is 12.1 Å². The second-order valence-corrected chi connectivity index (χ2v) is 5.37. The first-order chi connectivity index (χ1) is 11.8. The van der Waals surface area contributed by atoms with Crippen LogP contribution in [0.2, 0.25) is 0 Å². The maximum Gasteiger partial charge on any atom is 0.416 e. The molecule has 0 heterocycles. The number of halogens is 3. The predicted molar refractivity (Wildman–Crippen MR) is 88.5 cm³/mol. The minimum Gasteiger partial charge on any atom is -0.352 e. The first-order valence-corrected chi connectivity index (χ1v) is 7.68. The Hall–Kier alpha value is -2.83. The van der Waals surface area contributed by atoms with Crippen molar-refractivity contribution in [1.82, 2.24) is 5.32 Å². The van der Waals surface area contributed by atoms with Crippen molar-refractivity contribution < 1.29 is 22.8 Å². The van der Waals surface area contributed by atoms with Crippen LogP contribution in [0.3, 0.4) is 0 Å². The van der Waals surface area contributed by atoms with Crippen LogP contribution in [0.4, 0.5) is 18.9 Å². The standard InChI is InChI=1S/C18H17F3N2O2/c1-2-10-22-16(24)12-4-3-5-13(11-12)17(25)23-15-8-6-14(7-9-15)18(19,20)21/h3-9,11H,2,10H2,1H3,(H,22,24)(H,23,25). The number of amides is 2. The Morgan fingerprint density at radius 2 is 1.56 bits per heavy atom. The van der Waals surface area contributed by atoms with Crippen LogP contribution in [-0.4, -0.2) is 18.4 Å². The van der Waals surface area contributed by atoms with E-state index in [1.165, 1.54) is 24.3 Å². The molecule has 0 aromatic heterocycles. The first kappa shape index (κ1) is 18.5. The van der Waals surface area contributed by atoms with Crippen LogP contribution in [0, 0.1) is 0 Å². The van der Waals surface area contributed by atoms with Crippen molar-refractivity contribution >= 4 is 17.5 Å². The van der Waals surface area contributed by atoms with Gasteiger partial charge in [-0.1, -0.05) is 13.0 Å². The van der Waals surface area contributed by atoms with E-state index in [2.05, 4.69) is 10.6 Å². The van der Waals surface area contributed by atoms with Gasteiger partial charge >= 0.3 is 6.18 Å². The molecule has 0 aliphatic carbocycles. The van der Waals surface area contributed by atoms with E-state index in [1.807, 2.05) is 6.92 Å². The lowest BCUT2D eigenvalue weighted by atomic mass is 10.1. The molecule has 0 spiro atoms. The maximum absolute atomic E-state index is 12.5. The zero-order chi connectivity index (χ0) is 18.4. The highest BCUT2D eigenvalue weighted by Gasteiger charge is 2.30. The molecule has 0 bridgehead atoms. The van der Waals surface area contributed by atoms with Crippen molar-refractivity contribution in [3.05, 3.63) is 65.2 Å². The van der Waals surface area contributed by atoms with Crippen LogP contribution >= 0.6 is 0 Å². The monoisotopic (exact) mass is 350 g/mol. The number of benzene rings is 2. The zero-order valence-electron chi connectivity index (χ0n) is 13.5. The molecule has 2 aromatic rings. The van der Waals surface area contributed by atoms with Gasteiger partial charge in [-0.2, -0.15) is 13.2 Å². The van der Waals surface area contributed by atoms with Gasteiger partial charge in [0, 0.05) is 23.4 Å². The van der Waals surface area contributed by atoms with E-state index in [1.54, 1.807) is 12.1 Å². The number of rotatable bonds is 5. The first-order valence-electron chi connectivity index (χ1n) is 7.68. The van der Waals surface area contributed by atoms with Crippen molar-refractivity contribution in [1.29, 1.82) is 0 Å². The molecule has 0 aliphatic rings. The molecule has 0 unspecified atom stereocenters. The lowest BCUT2D eigenvalue weighted by Gasteiger charge is -2.09. The van der Waals surface area contributed by atoms with Crippen LogP contribution in [0.25, 0.3) is 0 Å². The molecule has 0 atom stereocenters. The Kier molecular flexibility index (Phi) is 5.80. The lowest BCUT2D eigenvalue weighted by Crippen LogP contribution is -2.24. The van der Waals surface area contributed by atoms with Gasteiger partial charge in [0.05, 0.1) is 5.56 Å². The summed E-state index contributed by atoms with van der Waals surface area (Å²) in [4.78, 5) is 24.1. The summed E-state index contributed by atoms with van der Waals surface area (Å²) < 4.78 is 37.6. The highest BCUT2D eigenvalue weighted by molar-refractivity contribution is 6.06. The molecule has 0 saturated heterocycles. The number of carbonyl (C=O) groups is 2. The van der Waals surface area contributed by atoms with Crippen LogP contribution in [-0.2, 0) is 6.18 Å². The molecule has 2 aromatic carbocycles. The summed E-state index contributed by atoms with van der Waals surface area (Å²) in [5.74, 6) is -0.795. The van der Waals surface area contributed by atoms with Gasteiger partial charge in [0.2, 0.25) is 0 Å². The number of hydrogen-bond acceptors (Lipinski definition) is 2. The Morgan fingerprint density at radius 1 is 0.960 bits per heavy atom. The molecule has 132 valence electrons. The van der Waals surface area contributed by atoms with Crippen molar-refractivity contribution in [3.8, 4) is 0 Å². The SMILES string of the molecule is CCCNC(=O)c1cccc(C(=O)Nc2ccc(C(F)(F)F)cc2)c1. The summed E-state index contributed by atoms with van der Waals surface area (Å²) >= 11 is 0. The number of anilines is 1. The second kappa shape index (κ2) is 7.83. The molecule has 25 heavy (non-hydrogen) atoms. The number of carbonyl (C=O) groups excluding carboxylic acids is 2. The number of hydrogen-bond donors (Lipinski definition) is 2. The highest BCUT2D eigenvalue weighted by Crippen LogP contribution is 2.29. The minimum absolute atomic E-state index is 0.235. The summed E-state index contributed by atoms with van der Waals surface area (Å²) in [5.41, 5.74) is 0.0245. The molecule has 4 nitrogen and oxygen atoms in total. The fourth-order valence-corrected chi connectivity index (χ4v) is 2.09. The average Bonchev–Trinajstić information content (AvgIpc) is 2.59. The number of nitrogens with one attached hydrogen (secondary N) is 2. The van der Waals surface area contributed by atoms with E-state index >= 15 is 0 Å². The lowest BCUT2D eigenvalue weighted by molar-refractivity contribution is -0.137. The molecule has 0 aliphatic heterocycles. The summed E-state index contributed by atoms with van der Waals surface area (Å²) in [6, 6.07) is 10.3. The fraction of sp³-hybridized carbons (Fsp3) is 0.222. The smallest absolute Gasteiger partial charge is 0.352 e. The molecule has 2 amide bonds. The molecule has 0 fully saturated rings. The van der Waals surface area contributed by atoms with E-state index in [9.17, 15) is 22.8 Å². The van der Waals surface area contributed by atoms with Crippen LogP contribution in [0.5, 0.6) is 0 Å². The summed E-state index contributed by atoms with van der Waals surface area (Å²) in [6.45, 7) is 2.45. The van der Waals surface area contributed by atoms with Crippen LogP contribution in [0.1, 0.15) is 39.6 Å². The van der Waals surface area contributed by atoms with Gasteiger partial charge in [-0.25, -0.2) is 0 Å². The summed E-state index contributed by atoms with van der Waals surface area (Å²) in [5, 5.41) is 5.22. The van der Waals surface area contributed by atoms with E-state index < -0.39 is 17.6 Å². The minimum atomic E-state index is -4.43. The van der Waals surface area contributed by atoms with Gasteiger partial charge in [-0.05, 0) is 48.9 Å². The van der Waals surface area contributed by atoms with Crippen molar-refractivity contribution in [2.24, 2.45) is 0 Å². The molecular formula is C18H17F3N2O2. The van der Waals surface area contributed by atoms with Crippen molar-refractivity contribution in [3.63, 3.8) is 0 Å². The molecular weight excluding hydrogens is 333 g/mol. The fourth-order valence-electron chi connectivity index (χ4n) is 2.09. The molecule has 0 saturated carbocycles. The van der Waals surface area contributed by atoms with Crippen LogP contribution < -0.4 is 10.6 Å². The summed E-state index contributed by atoms with van der Waals surface area (Å²) in [6.07, 6.45) is -3.64. The Morgan fingerprint density at radius 3 is 2.12 bits per heavy atom. The molecule has 7 heteroatoms. The highest BCUT2D eigenvalue weighted by atomic mass is 19.4. The largest absolute Gasteiger partial charge is 0.416 e. The Labute approximate surface area is 143 Å². The van der Waals surface area contributed by atoms with Crippen molar-refractivity contribution in [2.75, 3.05) is 11.9 Å². The molecule has 2 N–H and O–H groups in total. The number of alkyl halides is 3. The van der Waals surface area contributed by atoms with Gasteiger partial charge in [0.1, 0.15) is 0 Å². The zero-order valence-corrected chi connectivity index (χ0v) is 13.5. The molecule has 2 rings (SSSR count). The van der Waals surface area contributed by atoms with E-state index in [0.717, 1.165) is 18.6 Å². The maximum atomic E-state index is 12.5. The third kappa shape index (κ3) is 5.07. The van der Waals surface area contributed by atoms with Gasteiger partial charge in [-0.3, -0.25) is 9.59 Å². The average molecular weight is 350 g/mol. The third-order valence-corrected chi connectivity index (χ3v) is 3.39. The van der Waals surface area contributed by atoms with Gasteiger partial charge in [-0.15, -0.1) is 0 Å². The third-order valence-electron chi connectivity index (χ3n) is 3.39. The van der Waals surface area contributed by atoms with Crippen LogP contribution in [0.15, 0.2) is 48.5 Å². The van der Waals surface area contributed by atoms with Gasteiger partial charge in [0.25, 0.3) is 11.8 Å². The topological polar surface area (TPSA) is 58.2 Å². The summed E-state index contributed by atoms with van der Waals surface area (Å²) in [7, 11) is 0. The van der Waals surface area contributed by atoms with Crippen molar-refractivity contribution in [2.45, 2.75) is 19.5 Å². The Balaban J connectivity index is 2.09. The van der Waals surface area contributed by atoms with Gasteiger partial charge in [0.15, 0.2) is 0 Å². The predicted octanol–water partition coefficient (Wildman–Crippen LogP) is 4.10. The second-order valence-electron chi connectivity index (χ2n) is 5.37. The molecule has 0 radical (unpaired) electrons. The van der Waals surface area contributed by atoms with Gasteiger partial charge < -0.3 is 10.6 Å². The van der Waals surface area contributed by atoms with E-state index in [-0.39, 0.29) is 17.2 Å². The normalized spacial score (nSPS) is 11.0. The van der Waals surface area contributed by atoms with E-state index in [4.69, 9.17) is 0 Å². The Bertz CT molecular complexity index is 756. The quantitative estimate of drug-likeness (QED) is 0.853.